The van der Waals surface area contributed by atoms with E-state index in [4.69, 9.17) is 9.47 Å². The van der Waals surface area contributed by atoms with Gasteiger partial charge in [0.25, 0.3) is 43.9 Å². The topological polar surface area (TPSA) is 202 Å². The number of carbonyl (C=O) groups is 4. The number of para-hydroxylation sites is 2. The largest absolute Gasteiger partial charge is 0.457 e. The third-order valence-corrected chi connectivity index (χ3v) is 14.8. The highest BCUT2D eigenvalue weighted by Crippen LogP contribution is 2.53. The third kappa shape index (κ3) is 6.74. The predicted octanol–water partition coefficient (Wildman–Crippen LogP) is 11.7. The maximum atomic E-state index is 15.1. The Balaban J connectivity index is 1.26. The van der Waals surface area contributed by atoms with Crippen molar-refractivity contribution in [2.75, 3.05) is 9.80 Å². The van der Waals surface area contributed by atoms with E-state index in [1.807, 2.05) is 52.0 Å². The molecular weight excluding hydrogens is 933 g/mol. The van der Waals surface area contributed by atoms with Crippen LogP contribution in [0.25, 0.3) is 43.1 Å². The van der Waals surface area contributed by atoms with Crippen LogP contribution < -0.4 is 19.3 Å². The summed E-state index contributed by atoms with van der Waals surface area (Å²) >= 11 is 0. The van der Waals surface area contributed by atoms with Crippen LogP contribution in [0.1, 0.15) is 92.1 Å². The highest BCUT2D eigenvalue weighted by Gasteiger charge is 2.41. The first kappa shape index (κ1) is 44.5. The van der Waals surface area contributed by atoms with Gasteiger partial charge in [-0.15, -0.1) is 0 Å². The Hall–Kier alpha value is -8.02. The summed E-state index contributed by atoms with van der Waals surface area (Å²) in [7, 11) is -9.16. The van der Waals surface area contributed by atoms with Crippen molar-refractivity contribution in [3.8, 4) is 23.0 Å². The van der Waals surface area contributed by atoms with E-state index in [0.29, 0.717) is 54.5 Å². The number of hydrogen-bond acceptors (Lipinski definition) is 10. The second kappa shape index (κ2) is 15.8. The van der Waals surface area contributed by atoms with E-state index in [-0.39, 0.29) is 66.9 Å². The number of benzene rings is 9. The van der Waals surface area contributed by atoms with Crippen LogP contribution in [0, 0.1) is 0 Å². The molecule has 9 aromatic carbocycles. The number of nitrogens with zero attached hydrogens (tertiary/aromatic N) is 2. The molecule has 0 unspecified atom stereocenters. The van der Waals surface area contributed by atoms with E-state index in [1.165, 1.54) is 36.4 Å². The van der Waals surface area contributed by atoms with E-state index in [1.54, 1.807) is 48.5 Å². The first-order valence-electron chi connectivity index (χ1n) is 22.1. The monoisotopic (exact) mass is 970 g/mol. The van der Waals surface area contributed by atoms with Crippen LogP contribution in [0.2, 0.25) is 0 Å². The van der Waals surface area contributed by atoms with Gasteiger partial charge < -0.3 is 9.47 Å². The predicted molar refractivity (Wildman–Crippen MR) is 264 cm³/mol. The van der Waals surface area contributed by atoms with Crippen LogP contribution in [0.4, 0.5) is 11.4 Å². The average molecular weight is 971 g/mol. The van der Waals surface area contributed by atoms with Gasteiger partial charge >= 0.3 is 0 Å². The molecule has 0 atom stereocenters. The fourth-order valence-electron chi connectivity index (χ4n) is 9.96. The fraction of sp³-hybridized carbons (Fsp3) is 0.111. The van der Waals surface area contributed by atoms with E-state index < -0.39 is 43.9 Å². The molecule has 2 aliphatic heterocycles. The van der Waals surface area contributed by atoms with E-state index in [2.05, 4.69) is 0 Å². The molecule has 0 aromatic heterocycles. The number of hydrogen-bond donors (Lipinski definition) is 2. The van der Waals surface area contributed by atoms with Crippen LogP contribution in [-0.4, -0.2) is 49.6 Å². The van der Waals surface area contributed by atoms with Crippen LogP contribution in [-0.2, 0) is 20.2 Å². The summed E-state index contributed by atoms with van der Waals surface area (Å²) in [5, 5.41) is 2.96. The number of amides is 4. The summed E-state index contributed by atoms with van der Waals surface area (Å²) in [5.74, 6) is -2.19. The molecule has 14 nitrogen and oxygen atoms in total. The third-order valence-electron chi connectivity index (χ3n) is 13.1. The van der Waals surface area contributed by atoms with Crippen molar-refractivity contribution in [3.05, 3.63) is 167 Å². The first-order valence-corrected chi connectivity index (χ1v) is 25.0. The zero-order valence-electron chi connectivity index (χ0n) is 37.5. The van der Waals surface area contributed by atoms with Gasteiger partial charge in [0.05, 0.1) is 32.3 Å². The molecule has 348 valence electrons. The van der Waals surface area contributed by atoms with Crippen molar-refractivity contribution >= 4 is 98.3 Å². The van der Waals surface area contributed by atoms with Gasteiger partial charge in [-0.25, -0.2) is 9.80 Å². The maximum absolute atomic E-state index is 15.1. The molecule has 0 saturated carbocycles. The molecule has 2 heterocycles. The number of ether oxygens (including phenoxy) is 2. The fourth-order valence-corrected chi connectivity index (χ4v) is 10.9. The lowest BCUT2D eigenvalue weighted by molar-refractivity contribution is 0.0877. The number of carbonyl (C=O) groups excluding carboxylic acids is 4. The SMILES string of the molecule is CC(C)c1ccccc1N1C(=O)c2ccc3c4c(Oc5ccc(S(=O)(=O)O)cc5)cc5c6c(ccc(c7c(Oc8ccc(S(=O)(=O)O)cc8)cc(c2c37)C1=O)c64)C(=O)N(c1ccccc1C(C)C)C5=O. The minimum Gasteiger partial charge on any atom is -0.457 e. The van der Waals surface area contributed by atoms with Crippen molar-refractivity contribution < 1.29 is 54.6 Å². The lowest BCUT2D eigenvalue weighted by Gasteiger charge is -2.32. The van der Waals surface area contributed by atoms with Gasteiger partial charge in [-0.05, 0) is 119 Å². The molecule has 0 saturated heterocycles. The van der Waals surface area contributed by atoms with Gasteiger partial charge in [0, 0.05) is 43.4 Å². The molecule has 0 bridgehead atoms. The Labute approximate surface area is 400 Å². The molecule has 0 fully saturated rings. The zero-order chi connectivity index (χ0) is 49.3. The summed E-state index contributed by atoms with van der Waals surface area (Å²) < 4.78 is 81.0. The molecular formula is C54H38N2O12S2. The lowest BCUT2D eigenvalue weighted by Crippen LogP contribution is -2.41. The quantitative estimate of drug-likeness (QED) is 0.0569. The first-order chi connectivity index (χ1) is 33.3. The smallest absolute Gasteiger partial charge is 0.294 e. The molecule has 16 heteroatoms. The Morgan fingerprint density at radius 2 is 0.757 bits per heavy atom. The molecule has 11 rings (SSSR count). The molecule has 0 spiro atoms. The summed E-state index contributed by atoms with van der Waals surface area (Å²) in [6, 6.07) is 33.9. The summed E-state index contributed by atoms with van der Waals surface area (Å²) in [5.41, 5.74) is 2.89. The molecule has 70 heavy (non-hydrogen) atoms. The molecule has 9 aromatic rings. The van der Waals surface area contributed by atoms with Crippen molar-refractivity contribution in [1.29, 1.82) is 0 Å². The number of anilines is 2. The second-order valence-electron chi connectivity index (χ2n) is 17.8. The molecule has 2 aliphatic rings. The number of imide groups is 2. The summed E-state index contributed by atoms with van der Waals surface area (Å²) in [4.78, 5) is 61.6. The average Bonchev–Trinajstić information content (AvgIpc) is 3.32. The van der Waals surface area contributed by atoms with Crippen molar-refractivity contribution in [1.82, 2.24) is 0 Å². The van der Waals surface area contributed by atoms with Crippen LogP contribution in [0.5, 0.6) is 23.0 Å². The lowest BCUT2D eigenvalue weighted by atomic mass is 9.81. The van der Waals surface area contributed by atoms with E-state index in [9.17, 15) is 35.5 Å². The Morgan fingerprint density at radius 3 is 1.10 bits per heavy atom. The van der Waals surface area contributed by atoms with Crippen molar-refractivity contribution in [2.45, 2.75) is 49.3 Å². The second-order valence-corrected chi connectivity index (χ2v) is 20.7. The van der Waals surface area contributed by atoms with Crippen molar-refractivity contribution in [3.63, 3.8) is 0 Å². The van der Waals surface area contributed by atoms with Crippen molar-refractivity contribution in [2.24, 2.45) is 0 Å². The normalized spacial score (nSPS) is 14.1. The van der Waals surface area contributed by atoms with Gasteiger partial charge in [0.1, 0.15) is 23.0 Å². The molecule has 2 N–H and O–H groups in total. The van der Waals surface area contributed by atoms with Crippen LogP contribution in [0.3, 0.4) is 0 Å². The Morgan fingerprint density at radius 1 is 0.414 bits per heavy atom. The molecule has 0 radical (unpaired) electrons. The van der Waals surface area contributed by atoms with Gasteiger partial charge in [-0.1, -0.05) is 76.2 Å². The summed E-state index contributed by atoms with van der Waals surface area (Å²) in [6.45, 7) is 7.82. The van der Waals surface area contributed by atoms with Gasteiger partial charge in [-0.3, -0.25) is 28.3 Å². The number of rotatable bonds is 10. The summed E-state index contributed by atoms with van der Waals surface area (Å²) in [6.07, 6.45) is 0. The minimum atomic E-state index is -4.58. The molecule has 4 amide bonds. The standard InChI is InChI=1S/C54H38N2O12S2/c1-27(2)33-9-5-7-11-41(33)55-51(57)37-23-21-35-48-44(68-30-15-19-32(20-16-30)70(64,65)66)26-40-46-38(52(58)56(54(40)60)42-12-8-6-10-34(42)28(3)4)24-22-36(50(46)48)47-43(25-39(53(55)59)45(37)49(35)47)67-29-13-17-31(18-14-29)69(61,62)63/h5-28H,1-4H3,(H,61,62,63)(H,64,65,66). The Kier molecular flexibility index (Phi) is 10.0. The van der Waals surface area contributed by atoms with Crippen LogP contribution >= 0.6 is 0 Å². The van der Waals surface area contributed by atoms with Gasteiger partial charge in [-0.2, -0.15) is 16.8 Å². The zero-order valence-corrected chi connectivity index (χ0v) is 39.2. The van der Waals surface area contributed by atoms with E-state index in [0.717, 1.165) is 45.2 Å². The highest BCUT2D eigenvalue weighted by atomic mass is 32.2. The van der Waals surface area contributed by atoms with Gasteiger partial charge in [0.2, 0.25) is 0 Å². The highest BCUT2D eigenvalue weighted by molar-refractivity contribution is 7.86. The Bertz CT molecular complexity index is 3770. The van der Waals surface area contributed by atoms with E-state index >= 15 is 9.59 Å². The van der Waals surface area contributed by atoms with Gasteiger partial charge in [0.15, 0.2) is 0 Å². The number of fused-ring (bicyclic) bond motifs is 2. The van der Waals surface area contributed by atoms with Crippen LogP contribution in [0.15, 0.2) is 143 Å². The minimum absolute atomic E-state index is 0.0739. The molecule has 0 aliphatic carbocycles. The maximum Gasteiger partial charge on any atom is 0.294 e.